The van der Waals surface area contributed by atoms with E-state index in [-0.39, 0.29) is 5.91 Å². The number of carbonyl (C=O) groups is 1. The molecule has 0 spiro atoms. The number of anilines is 1. The van der Waals surface area contributed by atoms with Crippen LogP contribution in [0.4, 0.5) is 5.69 Å². The highest BCUT2D eigenvalue weighted by Gasteiger charge is 2.25. The van der Waals surface area contributed by atoms with Gasteiger partial charge < -0.3 is 10.1 Å². The smallest absolute Gasteiger partial charge is 0.267 e. The number of thiazole rings is 1. The van der Waals surface area contributed by atoms with Gasteiger partial charge in [-0.25, -0.2) is 4.98 Å². The summed E-state index contributed by atoms with van der Waals surface area (Å²) in [6, 6.07) is 7.65. The molecule has 1 heterocycles. The number of benzene rings is 1. The maximum absolute atomic E-state index is 12.7. The van der Waals surface area contributed by atoms with Gasteiger partial charge in [0.25, 0.3) is 5.91 Å². The molecule has 5 heteroatoms. The van der Waals surface area contributed by atoms with Crippen LogP contribution < -0.4 is 10.1 Å². The van der Waals surface area contributed by atoms with E-state index in [0.29, 0.717) is 10.8 Å². The van der Waals surface area contributed by atoms with Gasteiger partial charge in [0, 0.05) is 6.42 Å². The zero-order valence-electron chi connectivity index (χ0n) is 13.9. The number of rotatable bonds is 7. The van der Waals surface area contributed by atoms with Crippen LogP contribution in [-0.2, 0) is 6.42 Å². The number of ether oxygens (including phenoxy) is 1. The predicted molar refractivity (Wildman–Crippen MR) is 95.9 cm³/mol. The van der Waals surface area contributed by atoms with Crippen molar-refractivity contribution >= 4 is 22.9 Å². The van der Waals surface area contributed by atoms with Gasteiger partial charge in [-0.2, -0.15) is 0 Å². The lowest BCUT2D eigenvalue weighted by molar-refractivity contribution is 0.102. The standard InChI is InChI=1S/C19H22N2O2S/c1-12-18(24-17(20-12)10-13-6-7-13)19(22)21-15-4-2-3-5-16(15)23-11-14-8-9-14/h2-5,13-14H,6-11H2,1H3,(H,21,22). The summed E-state index contributed by atoms with van der Waals surface area (Å²) in [5, 5.41) is 4.08. The van der Waals surface area contributed by atoms with Crippen molar-refractivity contribution in [2.45, 2.75) is 39.0 Å². The van der Waals surface area contributed by atoms with Crippen molar-refractivity contribution < 1.29 is 9.53 Å². The Morgan fingerprint density at radius 1 is 1.25 bits per heavy atom. The van der Waals surface area contributed by atoms with Gasteiger partial charge in [0.15, 0.2) is 0 Å². The van der Waals surface area contributed by atoms with E-state index in [0.717, 1.165) is 41.1 Å². The maximum atomic E-state index is 12.7. The molecule has 24 heavy (non-hydrogen) atoms. The number of para-hydroxylation sites is 2. The first kappa shape index (κ1) is 15.6. The fourth-order valence-corrected chi connectivity index (χ4v) is 3.76. The summed E-state index contributed by atoms with van der Waals surface area (Å²) in [7, 11) is 0. The van der Waals surface area contributed by atoms with Crippen LogP contribution >= 0.6 is 11.3 Å². The Hall–Kier alpha value is -1.88. The molecule has 1 N–H and O–H groups in total. The molecule has 0 saturated heterocycles. The van der Waals surface area contributed by atoms with Crippen LogP contribution in [0.5, 0.6) is 5.75 Å². The third kappa shape index (κ3) is 3.78. The van der Waals surface area contributed by atoms with Crippen molar-refractivity contribution in [2.75, 3.05) is 11.9 Å². The second kappa shape index (κ2) is 6.55. The molecule has 0 atom stereocenters. The third-order valence-electron chi connectivity index (χ3n) is 4.51. The average molecular weight is 342 g/mol. The van der Waals surface area contributed by atoms with Gasteiger partial charge in [0.05, 0.1) is 23.0 Å². The number of aromatic nitrogens is 1. The second-order valence-corrected chi connectivity index (χ2v) is 7.96. The highest BCUT2D eigenvalue weighted by Crippen LogP contribution is 2.35. The molecular weight excluding hydrogens is 320 g/mol. The van der Waals surface area contributed by atoms with Crippen LogP contribution in [-0.4, -0.2) is 17.5 Å². The molecule has 0 aliphatic heterocycles. The number of amides is 1. The van der Waals surface area contributed by atoms with Crippen LogP contribution in [0, 0.1) is 18.8 Å². The topological polar surface area (TPSA) is 51.2 Å². The number of hydrogen-bond acceptors (Lipinski definition) is 4. The van der Waals surface area contributed by atoms with Crippen LogP contribution in [0.1, 0.15) is 46.1 Å². The largest absolute Gasteiger partial charge is 0.491 e. The summed E-state index contributed by atoms with van der Waals surface area (Å²) in [5.74, 6) is 2.12. The Balaban J connectivity index is 1.46. The molecule has 2 saturated carbocycles. The Morgan fingerprint density at radius 2 is 2.00 bits per heavy atom. The van der Waals surface area contributed by atoms with Crippen molar-refractivity contribution in [2.24, 2.45) is 11.8 Å². The molecule has 2 fully saturated rings. The lowest BCUT2D eigenvalue weighted by atomic mass is 10.2. The molecule has 2 aromatic rings. The van der Waals surface area contributed by atoms with Gasteiger partial charge in [0.1, 0.15) is 10.6 Å². The zero-order valence-corrected chi connectivity index (χ0v) is 14.7. The predicted octanol–water partition coefficient (Wildman–Crippen LogP) is 4.45. The Kier molecular flexibility index (Phi) is 4.27. The zero-order chi connectivity index (χ0) is 16.5. The number of nitrogens with one attached hydrogen (secondary N) is 1. The minimum atomic E-state index is -0.0884. The molecule has 1 aromatic heterocycles. The molecular formula is C19H22N2O2S. The van der Waals surface area contributed by atoms with Crippen LogP contribution in [0.3, 0.4) is 0 Å². The van der Waals surface area contributed by atoms with Crippen molar-refractivity contribution in [3.8, 4) is 5.75 Å². The lowest BCUT2D eigenvalue weighted by Gasteiger charge is -2.11. The van der Waals surface area contributed by atoms with Crippen molar-refractivity contribution in [1.82, 2.24) is 4.98 Å². The molecule has 126 valence electrons. The third-order valence-corrected chi connectivity index (χ3v) is 5.69. The molecule has 0 unspecified atom stereocenters. The van der Waals surface area contributed by atoms with Crippen LogP contribution in [0.25, 0.3) is 0 Å². The highest BCUT2D eigenvalue weighted by atomic mass is 32.1. The Morgan fingerprint density at radius 3 is 2.75 bits per heavy atom. The van der Waals surface area contributed by atoms with Gasteiger partial charge in [-0.3, -0.25) is 4.79 Å². The van der Waals surface area contributed by atoms with E-state index in [1.807, 2.05) is 31.2 Å². The van der Waals surface area contributed by atoms with Gasteiger partial charge in [-0.15, -0.1) is 11.3 Å². The van der Waals surface area contributed by atoms with E-state index in [4.69, 9.17) is 4.74 Å². The first-order valence-electron chi connectivity index (χ1n) is 8.68. The van der Waals surface area contributed by atoms with Gasteiger partial charge in [-0.05, 0) is 56.6 Å². The summed E-state index contributed by atoms with van der Waals surface area (Å²) in [6.45, 7) is 2.65. The number of hydrogen-bond donors (Lipinski definition) is 1. The average Bonchev–Trinajstić information content (AvgIpc) is 3.47. The molecule has 1 amide bonds. The number of aryl methyl sites for hydroxylation is 1. The fraction of sp³-hybridized carbons (Fsp3) is 0.474. The van der Waals surface area contributed by atoms with Gasteiger partial charge >= 0.3 is 0 Å². The fourth-order valence-electron chi connectivity index (χ4n) is 2.69. The quantitative estimate of drug-likeness (QED) is 0.809. The van der Waals surface area contributed by atoms with E-state index < -0.39 is 0 Å². The lowest BCUT2D eigenvalue weighted by Crippen LogP contribution is -2.13. The monoisotopic (exact) mass is 342 g/mol. The molecule has 4 nitrogen and oxygen atoms in total. The van der Waals surface area contributed by atoms with E-state index in [2.05, 4.69) is 10.3 Å². The van der Waals surface area contributed by atoms with E-state index in [1.165, 1.54) is 37.0 Å². The molecule has 2 aliphatic rings. The minimum Gasteiger partial charge on any atom is -0.491 e. The SMILES string of the molecule is Cc1nc(CC2CC2)sc1C(=O)Nc1ccccc1OCC1CC1. The van der Waals surface area contributed by atoms with Gasteiger partial charge in [0.2, 0.25) is 0 Å². The van der Waals surface area contributed by atoms with Crippen molar-refractivity contribution in [3.05, 3.63) is 39.8 Å². The summed E-state index contributed by atoms with van der Waals surface area (Å²) < 4.78 is 5.87. The summed E-state index contributed by atoms with van der Waals surface area (Å²) in [5.41, 5.74) is 1.56. The van der Waals surface area contributed by atoms with E-state index >= 15 is 0 Å². The molecule has 0 radical (unpaired) electrons. The second-order valence-electron chi connectivity index (χ2n) is 6.87. The Bertz CT molecular complexity index is 748. The van der Waals surface area contributed by atoms with E-state index in [1.54, 1.807) is 0 Å². The number of nitrogens with zero attached hydrogens (tertiary/aromatic N) is 1. The summed E-state index contributed by atoms with van der Waals surface area (Å²) in [4.78, 5) is 17.9. The number of carbonyl (C=O) groups excluding carboxylic acids is 1. The van der Waals surface area contributed by atoms with Crippen LogP contribution in [0.2, 0.25) is 0 Å². The highest BCUT2D eigenvalue weighted by molar-refractivity contribution is 7.13. The first-order chi connectivity index (χ1) is 11.7. The minimum absolute atomic E-state index is 0.0884. The van der Waals surface area contributed by atoms with Crippen molar-refractivity contribution in [3.63, 3.8) is 0 Å². The maximum Gasteiger partial charge on any atom is 0.267 e. The normalized spacial score (nSPS) is 16.9. The Labute approximate surface area is 146 Å². The molecule has 1 aromatic carbocycles. The summed E-state index contributed by atoms with van der Waals surface area (Å²) in [6.07, 6.45) is 6.11. The summed E-state index contributed by atoms with van der Waals surface area (Å²) >= 11 is 1.53. The van der Waals surface area contributed by atoms with Crippen molar-refractivity contribution in [1.29, 1.82) is 0 Å². The first-order valence-corrected chi connectivity index (χ1v) is 9.50. The molecule has 4 rings (SSSR count). The van der Waals surface area contributed by atoms with Crippen LogP contribution in [0.15, 0.2) is 24.3 Å². The van der Waals surface area contributed by atoms with Gasteiger partial charge in [-0.1, -0.05) is 12.1 Å². The van der Waals surface area contributed by atoms with E-state index in [9.17, 15) is 4.79 Å². The molecule has 2 aliphatic carbocycles. The molecule has 0 bridgehead atoms.